The summed E-state index contributed by atoms with van der Waals surface area (Å²) < 4.78 is 22.1. The Morgan fingerprint density at radius 2 is 2.31 bits per heavy atom. The quantitative estimate of drug-likeness (QED) is 0.618. The second-order valence-corrected chi connectivity index (χ2v) is 3.45. The average molecular weight is 196 g/mol. The van der Waals surface area contributed by atoms with Gasteiger partial charge >= 0.3 is 0 Å². The van der Waals surface area contributed by atoms with Crippen LogP contribution in [-0.2, 0) is 11.3 Å². The van der Waals surface area contributed by atoms with Gasteiger partial charge in [-0.05, 0) is 24.6 Å². The maximum atomic E-state index is 10.6. The lowest BCUT2D eigenvalue weighted by Gasteiger charge is -2.03. The van der Waals surface area contributed by atoms with Gasteiger partial charge in [-0.15, -0.1) is 5.10 Å². The molecule has 13 heavy (non-hydrogen) atoms. The molecule has 0 aliphatic carbocycles. The summed E-state index contributed by atoms with van der Waals surface area (Å²) in [5.74, 6) is 0. The molecular weight excluding hydrogens is 190 g/mol. The highest BCUT2D eigenvalue weighted by Gasteiger charge is 2.03. The molecule has 1 aromatic heterocycles. The largest absolute Gasteiger partial charge is 0.754 e. The molecule has 0 amide bonds. The summed E-state index contributed by atoms with van der Waals surface area (Å²) in [5, 5.41) is 7.21. The highest BCUT2D eigenvalue weighted by atomic mass is 32.2. The minimum atomic E-state index is -2.39. The van der Waals surface area contributed by atoms with E-state index in [1.165, 1.54) is 0 Å². The van der Waals surface area contributed by atoms with Gasteiger partial charge < -0.3 is 4.55 Å². The molecule has 0 N–H and O–H groups in total. The van der Waals surface area contributed by atoms with Crippen molar-refractivity contribution in [1.82, 2.24) is 14.4 Å². The summed E-state index contributed by atoms with van der Waals surface area (Å²) in [5.41, 5.74) is 2.11. The minimum Gasteiger partial charge on any atom is -0.754 e. The van der Waals surface area contributed by atoms with Crippen molar-refractivity contribution in [2.75, 3.05) is 0 Å². The normalized spacial score (nSPS) is 13.4. The third-order valence-electron chi connectivity index (χ3n) is 1.71. The van der Waals surface area contributed by atoms with Crippen LogP contribution < -0.4 is 0 Å². The predicted octanol–water partition coefficient (Wildman–Crippen LogP) is 0.382. The van der Waals surface area contributed by atoms with E-state index in [4.69, 9.17) is 0 Å². The molecule has 6 heteroatoms. The van der Waals surface area contributed by atoms with Gasteiger partial charge in [0.25, 0.3) is 0 Å². The molecule has 5 nitrogen and oxygen atoms in total. The van der Waals surface area contributed by atoms with Crippen LogP contribution in [0.5, 0.6) is 0 Å². The zero-order valence-electron chi connectivity index (χ0n) is 6.80. The van der Waals surface area contributed by atoms with Crippen molar-refractivity contribution in [2.24, 2.45) is 0 Å². The number of fused-ring (bicyclic) bond motifs is 1. The number of aryl methyl sites for hydroxylation is 1. The number of benzene rings is 1. The van der Waals surface area contributed by atoms with Crippen LogP contribution in [0.25, 0.3) is 11.0 Å². The smallest absolute Gasteiger partial charge is 0.114 e. The Morgan fingerprint density at radius 1 is 1.54 bits per heavy atom. The fourth-order valence-corrected chi connectivity index (χ4v) is 1.53. The lowest BCUT2D eigenvalue weighted by atomic mass is 10.2. The molecular formula is C7H6N3O2S-. The predicted molar refractivity (Wildman–Crippen MR) is 46.6 cm³/mol. The first-order chi connectivity index (χ1) is 6.18. The van der Waals surface area contributed by atoms with Crippen molar-refractivity contribution in [3.8, 4) is 0 Å². The Bertz CT molecular complexity index is 480. The van der Waals surface area contributed by atoms with Crippen molar-refractivity contribution < 1.29 is 8.76 Å². The number of rotatable bonds is 1. The van der Waals surface area contributed by atoms with Crippen LogP contribution in [0.3, 0.4) is 0 Å². The maximum Gasteiger partial charge on any atom is 0.114 e. The molecule has 68 valence electrons. The molecule has 0 fully saturated rings. The Kier molecular flexibility index (Phi) is 1.86. The zero-order chi connectivity index (χ0) is 9.42. The van der Waals surface area contributed by atoms with Crippen molar-refractivity contribution in [2.45, 2.75) is 6.92 Å². The fourth-order valence-electron chi connectivity index (χ4n) is 1.12. The van der Waals surface area contributed by atoms with E-state index in [1.54, 1.807) is 12.1 Å². The van der Waals surface area contributed by atoms with Crippen molar-refractivity contribution >= 4 is 22.3 Å². The summed E-state index contributed by atoms with van der Waals surface area (Å²) in [6.45, 7) is 1.91. The zero-order valence-corrected chi connectivity index (χ0v) is 7.61. The minimum absolute atomic E-state index is 0.499. The van der Waals surface area contributed by atoms with E-state index in [-0.39, 0.29) is 0 Å². The summed E-state index contributed by atoms with van der Waals surface area (Å²) >= 11 is -2.39. The monoisotopic (exact) mass is 196 g/mol. The van der Waals surface area contributed by atoms with Gasteiger partial charge in [0.05, 0.1) is 11.3 Å². The van der Waals surface area contributed by atoms with Crippen LogP contribution >= 0.6 is 0 Å². The summed E-state index contributed by atoms with van der Waals surface area (Å²) in [4.78, 5) is 0. The van der Waals surface area contributed by atoms with E-state index < -0.39 is 11.3 Å². The average Bonchev–Trinajstić information content (AvgIpc) is 2.46. The number of nitrogens with zero attached hydrogens (tertiary/aromatic N) is 3. The second-order valence-electron chi connectivity index (χ2n) is 2.67. The fraction of sp³-hybridized carbons (Fsp3) is 0.143. The van der Waals surface area contributed by atoms with Gasteiger partial charge in [-0.25, -0.2) is 0 Å². The summed E-state index contributed by atoms with van der Waals surface area (Å²) in [7, 11) is 0. The molecule has 0 spiro atoms. The highest BCUT2D eigenvalue weighted by molar-refractivity contribution is 7.77. The molecule has 1 aromatic carbocycles. The Hall–Kier alpha value is -1.27. The Morgan fingerprint density at radius 3 is 3.00 bits per heavy atom. The number of hydrogen-bond donors (Lipinski definition) is 0. The standard InChI is InChI=1S/C7H7N3O2S/c1-5-2-3-7-6(4-5)8-9-10(7)13(11)12/h2-4H,1H3,(H,11,12)/p-1. The molecule has 0 bridgehead atoms. The molecule has 1 heterocycles. The van der Waals surface area contributed by atoms with E-state index in [0.717, 1.165) is 9.65 Å². The van der Waals surface area contributed by atoms with E-state index >= 15 is 0 Å². The number of aromatic nitrogens is 3. The van der Waals surface area contributed by atoms with Crippen LogP contribution in [0.15, 0.2) is 18.2 Å². The first-order valence-electron chi connectivity index (χ1n) is 3.60. The van der Waals surface area contributed by atoms with E-state index in [0.29, 0.717) is 11.0 Å². The summed E-state index contributed by atoms with van der Waals surface area (Å²) in [6, 6.07) is 5.28. The Balaban J connectivity index is 2.76. The van der Waals surface area contributed by atoms with Gasteiger partial charge in [-0.2, -0.15) is 4.09 Å². The van der Waals surface area contributed by atoms with E-state index in [9.17, 15) is 8.76 Å². The lowest BCUT2D eigenvalue weighted by Crippen LogP contribution is -2.04. The van der Waals surface area contributed by atoms with Gasteiger partial charge in [0.1, 0.15) is 11.0 Å². The molecule has 0 aliphatic heterocycles. The number of hydrogen-bond acceptors (Lipinski definition) is 4. The van der Waals surface area contributed by atoms with Gasteiger partial charge in [0, 0.05) is 0 Å². The van der Waals surface area contributed by atoms with Gasteiger partial charge in [-0.3, -0.25) is 4.21 Å². The molecule has 1 unspecified atom stereocenters. The SMILES string of the molecule is Cc1ccc2c(c1)nnn2S(=O)[O-]. The first-order valence-corrected chi connectivity index (χ1v) is 4.63. The van der Waals surface area contributed by atoms with Gasteiger partial charge in [0.15, 0.2) is 0 Å². The van der Waals surface area contributed by atoms with Gasteiger partial charge in [0.2, 0.25) is 0 Å². The topological polar surface area (TPSA) is 70.8 Å². The van der Waals surface area contributed by atoms with Crippen LogP contribution in [0.4, 0.5) is 0 Å². The third-order valence-corrected chi connectivity index (χ3v) is 2.26. The second kappa shape index (κ2) is 2.90. The maximum absolute atomic E-state index is 10.6. The molecule has 0 radical (unpaired) electrons. The van der Waals surface area contributed by atoms with E-state index in [1.807, 2.05) is 13.0 Å². The molecule has 1 atom stereocenters. The van der Waals surface area contributed by atoms with Crippen LogP contribution in [0.2, 0.25) is 0 Å². The van der Waals surface area contributed by atoms with E-state index in [2.05, 4.69) is 10.3 Å². The Labute approximate surface area is 76.8 Å². The van der Waals surface area contributed by atoms with Crippen molar-refractivity contribution in [1.29, 1.82) is 0 Å². The molecule has 2 rings (SSSR count). The van der Waals surface area contributed by atoms with Crippen LogP contribution in [0.1, 0.15) is 5.56 Å². The van der Waals surface area contributed by atoms with Crippen molar-refractivity contribution in [3.63, 3.8) is 0 Å². The lowest BCUT2D eigenvalue weighted by molar-refractivity contribution is 0.521. The molecule has 0 saturated carbocycles. The molecule has 0 saturated heterocycles. The highest BCUT2D eigenvalue weighted by Crippen LogP contribution is 2.12. The molecule has 0 aliphatic rings. The molecule has 2 aromatic rings. The van der Waals surface area contributed by atoms with Gasteiger partial charge in [-0.1, -0.05) is 11.3 Å². The van der Waals surface area contributed by atoms with Crippen LogP contribution in [0, 0.1) is 6.92 Å². The first kappa shape index (κ1) is 8.33. The van der Waals surface area contributed by atoms with Crippen molar-refractivity contribution in [3.05, 3.63) is 23.8 Å². The summed E-state index contributed by atoms with van der Waals surface area (Å²) in [6.07, 6.45) is 0. The third kappa shape index (κ3) is 1.34. The van der Waals surface area contributed by atoms with Crippen LogP contribution in [-0.4, -0.2) is 23.2 Å².